The zero-order chi connectivity index (χ0) is 18.6. The van der Waals surface area contributed by atoms with Crippen LogP contribution in [0.1, 0.15) is 10.4 Å². The number of nitrogens with one attached hydrogen (secondary N) is 1. The molecule has 5 nitrogen and oxygen atoms in total. The van der Waals surface area contributed by atoms with Gasteiger partial charge in [-0.3, -0.25) is 4.79 Å². The van der Waals surface area contributed by atoms with Crippen LogP contribution in [0.5, 0.6) is 0 Å². The molecule has 1 heterocycles. The standard InChI is InChI=1S/C21H14FN3O2/c22-17-8-4-7-16(13-17)19(26)23-18-11-9-15(10-12-18)21-25-24-20(27-21)14-5-2-1-3-6-14/h1-13H,(H,23,26). The lowest BCUT2D eigenvalue weighted by Gasteiger charge is -2.05. The number of aromatic nitrogens is 2. The molecule has 0 aliphatic rings. The molecule has 0 fully saturated rings. The van der Waals surface area contributed by atoms with E-state index >= 15 is 0 Å². The van der Waals surface area contributed by atoms with Crippen LogP contribution in [-0.2, 0) is 0 Å². The van der Waals surface area contributed by atoms with Gasteiger partial charge in [0.05, 0.1) is 0 Å². The van der Waals surface area contributed by atoms with E-state index in [1.807, 2.05) is 30.3 Å². The monoisotopic (exact) mass is 359 g/mol. The largest absolute Gasteiger partial charge is 0.416 e. The van der Waals surface area contributed by atoms with Gasteiger partial charge in [-0.1, -0.05) is 24.3 Å². The first-order valence-electron chi connectivity index (χ1n) is 8.25. The maximum Gasteiger partial charge on any atom is 0.255 e. The number of rotatable bonds is 4. The van der Waals surface area contributed by atoms with Gasteiger partial charge in [0.2, 0.25) is 11.8 Å². The van der Waals surface area contributed by atoms with Crippen molar-refractivity contribution in [2.24, 2.45) is 0 Å². The van der Waals surface area contributed by atoms with Crippen molar-refractivity contribution >= 4 is 11.6 Å². The van der Waals surface area contributed by atoms with E-state index in [2.05, 4.69) is 15.5 Å². The summed E-state index contributed by atoms with van der Waals surface area (Å²) in [5, 5.41) is 10.8. The minimum absolute atomic E-state index is 0.253. The normalized spacial score (nSPS) is 10.6. The third-order valence-electron chi connectivity index (χ3n) is 3.92. The van der Waals surface area contributed by atoms with Gasteiger partial charge < -0.3 is 9.73 Å². The number of carbonyl (C=O) groups is 1. The van der Waals surface area contributed by atoms with Crippen LogP contribution in [0.25, 0.3) is 22.9 Å². The van der Waals surface area contributed by atoms with E-state index in [1.54, 1.807) is 30.3 Å². The van der Waals surface area contributed by atoms with Crippen LogP contribution in [0.4, 0.5) is 10.1 Å². The molecular formula is C21H14FN3O2. The van der Waals surface area contributed by atoms with E-state index < -0.39 is 5.82 Å². The molecule has 0 bridgehead atoms. The van der Waals surface area contributed by atoms with Gasteiger partial charge in [0, 0.05) is 22.4 Å². The van der Waals surface area contributed by atoms with Crippen LogP contribution in [0.15, 0.2) is 83.3 Å². The summed E-state index contributed by atoms with van der Waals surface area (Å²) in [5.41, 5.74) is 2.41. The molecule has 3 aromatic carbocycles. The molecule has 1 amide bonds. The van der Waals surface area contributed by atoms with Crippen LogP contribution in [0.3, 0.4) is 0 Å². The summed E-state index contributed by atoms with van der Waals surface area (Å²) in [5.74, 6) is -0.0130. The van der Waals surface area contributed by atoms with Crippen molar-refractivity contribution in [3.05, 3.63) is 90.2 Å². The first-order chi connectivity index (χ1) is 13.2. The predicted molar refractivity (Wildman–Crippen MR) is 99.5 cm³/mol. The quantitative estimate of drug-likeness (QED) is 0.568. The van der Waals surface area contributed by atoms with Crippen molar-refractivity contribution < 1.29 is 13.6 Å². The first kappa shape index (κ1) is 16.7. The number of nitrogens with zero attached hydrogens (tertiary/aromatic N) is 2. The second-order valence-corrected chi connectivity index (χ2v) is 5.82. The molecule has 27 heavy (non-hydrogen) atoms. The molecule has 1 aromatic heterocycles. The first-order valence-corrected chi connectivity index (χ1v) is 8.25. The SMILES string of the molecule is O=C(Nc1ccc(-c2nnc(-c3ccccc3)o2)cc1)c1cccc(F)c1. The average Bonchev–Trinajstić information content (AvgIpc) is 3.19. The maximum atomic E-state index is 13.2. The number of halogens is 1. The second-order valence-electron chi connectivity index (χ2n) is 5.82. The molecule has 0 radical (unpaired) electrons. The maximum absolute atomic E-state index is 13.2. The van der Waals surface area contributed by atoms with Crippen molar-refractivity contribution in [3.63, 3.8) is 0 Å². The number of hydrogen-bond acceptors (Lipinski definition) is 4. The van der Waals surface area contributed by atoms with E-state index in [9.17, 15) is 9.18 Å². The molecule has 0 spiro atoms. The summed E-state index contributed by atoms with van der Waals surface area (Å²) in [6.45, 7) is 0. The summed E-state index contributed by atoms with van der Waals surface area (Å²) in [6.07, 6.45) is 0. The van der Waals surface area contributed by atoms with Gasteiger partial charge in [0.25, 0.3) is 5.91 Å². The Labute approximate surface area is 154 Å². The molecule has 0 aliphatic carbocycles. The van der Waals surface area contributed by atoms with Gasteiger partial charge in [-0.05, 0) is 54.6 Å². The third kappa shape index (κ3) is 3.74. The number of carbonyl (C=O) groups excluding carboxylic acids is 1. The number of benzene rings is 3. The molecule has 4 rings (SSSR count). The highest BCUT2D eigenvalue weighted by molar-refractivity contribution is 6.04. The Morgan fingerprint density at radius 3 is 2.15 bits per heavy atom. The van der Waals surface area contributed by atoms with Gasteiger partial charge in [-0.2, -0.15) is 0 Å². The average molecular weight is 359 g/mol. The highest BCUT2D eigenvalue weighted by Crippen LogP contribution is 2.24. The molecule has 132 valence electrons. The topological polar surface area (TPSA) is 68.0 Å². The summed E-state index contributed by atoms with van der Waals surface area (Å²) >= 11 is 0. The molecule has 1 N–H and O–H groups in total. The van der Waals surface area contributed by atoms with Gasteiger partial charge >= 0.3 is 0 Å². The molecule has 0 aliphatic heterocycles. The molecule has 0 unspecified atom stereocenters. The van der Waals surface area contributed by atoms with E-state index in [0.29, 0.717) is 17.5 Å². The zero-order valence-electron chi connectivity index (χ0n) is 14.1. The highest BCUT2D eigenvalue weighted by Gasteiger charge is 2.11. The Morgan fingerprint density at radius 2 is 1.48 bits per heavy atom. The molecule has 0 atom stereocenters. The van der Waals surface area contributed by atoms with Crippen LogP contribution < -0.4 is 5.32 Å². The molecule has 4 aromatic rings. The number of anilines is 1. The Hall–Kier alpha value is -3.80. The van der Waals surface area contributed by atoms with Gasteiger partial charge in [-0.25, -0.2) is 4.39 Å². The Bertz CT molecular complexity index is 1080. The minimum atomic E-state index is -0.455. The third-order valence-corrected chi connectivity index (χ3v) is 3.92. The second kappa shape index (κ2) is 7.21. The number of hydrogen-bond donors (Lipinski definition) is 1. The lowest BCUT2D eigenvalue weighted by Crippen LogP contribution is -2.11. The summed E-state index contributed by atoms with van der Waals surface area (Å²) in [6, 6.07) is 22.0. The van der Waals surface area contributed by atoms with Crippen molar-refractivity contribution in [2.75, 3.05) is 5.32 Å². The summed E-state index contributed by atoms with van der Waals surface area (Å²) < 4.78 is 18.9. The molecule has 6 heteroatoms. The fourth-order valence-corrected chi connectivity index (χ4v) is 2.57. The van der Waals surface area contributed by atoms with Crippen molar-refractivity contribution in [2.45, 2.75) is 0 Å². The van der Waals surface area contributed by atoms with Gasteiger partial charge in [-0.15, -0.1) is 10.2 Å². The molecular weight excluding hydrogens is 345 g/mol. The van der Waals surface area contributed by atoms with E-state index in [1.165, 1.54) is 18.2 Å². The highest BCUT2D eigenvalue weighted by atomic mass is 19.1. The van der Waals surface area contributed by atoms with E-state index in [4.69, 9.17) is 4.42 Å². The Kier molecular flexibility index (Phi) is 4.45. The predicted octanol–water partition coefficient (Wildman–Crippen LogP) is 4.80. The van der Waals surface area contributed by atoms with E-state index in [-0.39, 0.29) is 11.5 Å². The van der Waals surface area contributed by atoms with Crippen LogP contribution >= 0.6 is 0 Å². The number of amides is 1. The van der Waals surface area contributed by atoms with Gasteiger partial charge in [0.1, 0.15) is 5.82 Å². The summed E-state index contributed by atoms with van der Waals surface area (Å²) in [7, 11) is 0. The Morgan fingerprint density at radius 1 is 0.815 bits per heavy atom. The van der Waals surface area contributed by atoms with Crippen molar-refractivity contribution in [1.29, 1.82) is 0 Å². The Balaban J connectivity index is 1.49. The van der Waals surface area contributed by atoms with Crippen LogP contribution in [-0.4, -0.2) is 16.1 Å². The summed E-state index contributed by atoms with van der Waals surface area (Å²) in [4.78, 5) is 12.2. The zero-order valence-corrected chi connectivity index (χ0v) is 14.1. The molecule has 0 saturated carbocycles. The van der Waals surface area contributed by atoms with Crippen molar-refractivity contribution in [1.82, 2.24) is 10.2 Å². The van der Waals surface area contributed by atoms with Crippen LogP contribution in [0, 0.1) is 5.82 Å². The van der Waals surface area contributed by atoms with Gasteiger partial charge in [0.15, 0.2) is 0 Å². The lowest BCUT2D eigenvalue weighted by atomic mass is 10.2. The fraction of sp³-hybridized carbons (Fsp3) is 0. The molecule has 0 saturated heterocycles. The van der Waals surface area contributed by atoms with Crippen molar-refractivity contribution in [3.8, 4) is 22.9 Å². The smallest absolute Gasteiger partial charge is 0.255 e. The van der Waals surface area contributed by atoms with Crippen LogP contribution in [0.2, 0.25) is 0 Å². The minimum Gasteiger partial charge on any atom is -0.416 e. The fourth-order valence-electron chi connectivity index (χ4n) is 2.57. The van der Waals surface area contributed by atoms with E-state index in [0.717, 1.165) is 11.1 Å². The lowest BCUT2D eigenvalue weighted by molar-refractivity contribution is 0.102.